The summed E-state index contributed by atoms with van der Waals surface area (Å²) in [6.45, 7) is 5.08. The number of fused-ring (bicyclic) bond motifs is 1. The number of aryl methyl sites for hydroxylation is 1. The maximum absolute atomic E-state index is 6.11. The molecular weight excluding hydrogens is 330 g/mol. The molecule has 4 heteroatoms. The number of nitrogens with zero attached hydrogens (tertiary/aromatic N) is 1. The van der Waals surface area contributed by atoms with Crippen LogP contribution in [0, 0.1) is 6.92 Å². The minimum absolute atomic E-state index is 0.775. The smallest absolute Gasteiger partial charge is 0.242 e. The number of hydrogen-bond acceptors (Lipinski definition) is 1. The molecule has 0 fully saturated rings. The van der Waals surface area contributed by atoms with Crippen molar-refractivity contribution in [2.45, 2.75) is 26.3 Å². The third kappa shape index (κ3) is 3.35. The second kappa shape index (κ2) is 7.03. The summed E-state index contributed by atoms with van der Waals surface area (Å²) < 4.78 is 2.31. The molecule has 0 atom stereocenters. The molecule has 4 rings (SSSR count). The molecule has 0 amide bonds. The Hall–Kier alpha value is -2.10. The van der Waals surface area contributed by atoms with Crippen molar-refractivity contribution in [2.75, 3.05) is 13.1 Å². The molecule has 0 saturated carbocycles. The maximum Gasteiger partial charge on any atom is 0.242 e. The van der Waals surface area contributed by atoms with E-state index in [1.807, 2.05) is 12.1 Å². The van der Waals surface area contributed by atoms with E-state index in [9.17, 15) is 0 Å². The van der Waals surface area contributed by atoms with Gasteiger partial charge in [0.05, 0.1) is 11.3 Å². The van der Waals surface area contributed by atoms with Crippen LogP contribution in [0.4, 0.5) is 0 Å². The van der Waals surface area contributed by atoms with Gasteiger partial charge < -0.3 is 5.32 Å². The number of halogens is 1. The van der Waals surface area contributed by atoms with Crippen LogP contribution in [0.1, 0.15) is 22.4 Å². The van der Waals surface area contributed by atoms with E-state index in [1.54, 1.807) is 0 Å². The van der Waals surface area contributed by atoms with Crippen LogP contribution >= 0.6 is 11.6 Å². The zero-order valence-electron chi connectivity index (χ0n) is 14.5. The van der Waals surface area contributed by atoms with Crippen molar-refractivity contribution in [3.05, 3.63) is 75.9 Å². The third-order valence-corrected chi connectivity index (χ3v) is 5.25. The predicted molar refractivity (Wildman–Crippen MR) is 102 cm³/mol. The number of aromatic nitrogens is 2. The lowest BCUT2D eigenvalue weighted by atomic mass is 10.0. The Kier molecular flexibility index (Phi) is 4.60. The van der Waals surface area contributed by atoms with Crippen LogP contribution in [0.15, 0.2) is 48.5 Å². The SMILES string of the molecule is Cc1ccccc1C[n+]1[nH]c2c(c1-c1ccc(Cl)cc1)CCNCC2. The summed E-state index contributed by atoms with van der Waals surface area (Å²) in [6, 6.07) is 16.8. The van der Waals surface area contributed by atoms with E-state index in [1.165, 1.54) is 33.6 Å². The van der Waals surface area contributed by atoms with Gasteiger partial charge in [0.15, 0.2) is 6.54 Å². The number of benzene rings is 2. The molecule has 2 N–H and O–H groups in total. The van der Waals surface area contributed by atoms with Crippen molar-refractivity contribution in [1.29, 1.82) is 0 Å². The molecule has 128 valence electrons. The first-order chi connectivity index (χ1) is 12.2. The van der Waals surface area contributed by atoms with E-state index >= 15 is 0 Å². The zero-order chi connectivity index (χ0) is 17.2. The highest BCUT2D eigenvalue weighted by Crippen LogP contribution is 2.26. The summed E-state index contributed by atoms with van der Waals surface area (Å²) in [4.78, 5) is 0. The average Bonchev–Trinajstić information content (AvgIpc) is 2.79. The molecule has 3 aromatic rings. The van der Waals surface area contributed by atoms with Gasteiger partial charge in [0, 0.05) is 29.1 Å². The molecule has 1 aliphatic rings. The maximum atomic E-state index is 6.11. The molecule has 0 saturated heterocycles. The molecule has 2 heterocycles. The van der Waals surface area contributed by atoms with E-state index in [4.69, 9.17) is 11.6 Å². The van der Waals surface area contributed by atoms with Gasteiger partial charge in [0.25, 0.3) is 0 Å². The van der Waals surface area contributed by atoms with E-state index in [2.05, 4.69) is 58.4 Å². The van der Waals surface area contributed by atoms with Crippen molar-refractivity contribution < 1.29 is 4.68 Å². The van der Waals surface area contributed by atoms with Crippen molar-refractivity contribution in [3.63, 3.8) is 0 Å². The summed E-state index contributed by atoms with van der Waals surface area (Å²) in [5, 5.41) is 7.95. The number of nitrogens with one attached hydrogen (secondary N) is 2. The third-order valence-electron chi connectivity index (χ3n) is 5.00. The summed E-state index contributed by atoms with van der Waals surface area (Å²) in [6.07, 6.45) is 2.08. The van der Waals surface area contributed by atoms with E-state index in [0.717, 1.165) is 37.5 Å². The number of H-pyrrole nitrogens is 1. The van der Waals surface area contributed by atoms with Gasteiger partial charge in [0.2, 0.25) is 5.69 Å². The van der Waals surface area contributed by atoms with Crippen molar-refractivity contribution in [1.82, 2.24) is 10.4 Å². The lowest BCUT2D eigenvalue weighted by Crippen LogP contribution is -2.39. The highest BCUT2D eigenvalue weighted by atomic mass is 35.5. The molecule has 0 spiro atoms. The Bertz CT molecular complexity index is 881. The molecule has 2 aromatic carbocycles. The molecule has 3 nitrogen and oxygen atoms in total. The molecule has 1 aromatic heterocycles. The summed E-state index contributed by atoms with van der Waals surface area (Å²) in [7, 11) is 0. The van der Waals surface area contributed by atoms with Crippen molar-refractivity contribution in [2.24, 2.45) is 0 Å². The van der Waals surface area contributed by atoms with Crippen molar-refractivity contribution in [3.8, 4) is 11.3 Å². The Balaban J connectivity index is 1.83. The number of hydrogen-bond donors (Lipinski definition) is 2. The molecule has 0 bridgehead atoms. The summed E-state index contributed by atoms with van der Waals surface area (Å²) in [5.74, 6) is 0. The van der Waals surface area contributed by atoms with Crippen LogP contribution in [0.25, 0.3) is 11.3 Å². The molecule has 1 aliphatic heterocycles. The zero-order valence-corrected chi connectivity index (χ0v) is 15.2. The first kappa shape index (κ1) is 16.4. The van der Waals surface area contributed by atoms with Crippen LogP contribution < -0.4 is 10.00 Å². The van der Waals surface area contributed by atoms with Gasteiger partial charge in [-0.2, -0.15) is 5.10 Å². The van der Waals surface area contributed by atoms with Crippen LogP contribution in [-0.2, 0) is 19.4 Å². The topological polar surface area (TPSA) is 31.7 Å². The monoisotopic (exact) mass is 352 g/mol. The van der Waals surface area contributed by atoms with Gasteiger partial charge in [-0.05, 0) is 49.7 Å². The van der Waals surface area contributed by atoms with Gasteiger partial charge in [-0.3, -0.25) is 0 Å². The number of aromatic amines is 1. The minimum atomic E-state index is 0.775. The van der Waals surface area contributed by atoms with Crippen molar-refractivity contribution >= 4 is 11.6 Å². The predicted octanol–water partition coefficient (Wildman–Crippen LogP) is 3.67. The Morgan fingerprint density at radius 1 is 1.00 bits per heavy atom. The highest BCUT2D eigenvalue weighted by Gasteiger charge is 2.27. The van der Waals surface area contributed by atoms with Gasteiger partial charge >= 0.3 is 0 Å². The van der Waals surface area contributed by atoms with E-state index < -0.39 is 0 Å². The molecule has 0 unspecified atom stereocenters. The molecular formula is C21H23ClN3+. The van der Waals surface area contributed by atoms with Crippen LogP contribution in [0.5, 0.6) is 0 Å². The second-order valence-electron chi connectivity index (χ2n) is 6.69. The first-order valence-corrected chi connectivity index (χ1v) is 9.25. The Morgan fingerprint density at radius 2 is 1.76 bits per heavy atom. The lowest BCUT2D eigenvalue weighted by molar-refractivity contribution is -0.732. The quantitative estimate of drug-likeness (QED) is 0.692. The lowest BCUT2D eigenvalue weighted by Gasteiger charge is -2.05. The summed E-state index contributed by atoms with van der Waals surface area (Å²) in [5.41, 5.74) is 7.96. The van der Waals surface area contributed by atoms with Crippen LogP contribution in [-0.4, -0.2) is 18.2 Å². The first-order valence-electron chi connectivity index (χ1n) is 8.87. The Morgan fingerprint density at radius 3 is 2.56 bits per heavy atom. The van der Waals surface area contributed by atoms with Gasteiger partial charge in [-0.1, -0.05) is 35.9 Å². The Labute approximate surface area is 153 Å². The molecule has 0 radical (unpaired) electrons. The number of rotatable bonds is 3. The molecule has 25 heavy (non-hydrogen) atoms. The average molecular weight is 353 g/mol. The fourth-order valence-corrected chi connectivity index (χ4v) is 3.76. The van der Waals surface area contributed by atoms with Crippen LogP contribution in [0.2, 0.25) is 5.02 Å². The van der Waals surface area contributed by atoms with E-state index in [-0.39, 0.29) is 0 Å². The normalized spacial score (nSPS) is 14.2. The van der Waals surface area contributed by atoms with Crippen LogP contribution in [0.3, 0.4) is 0 Å². The van der Waals surface area contributed by atoms with Gasteiger partial charge in [-0.15, -0.1) is 4.68 Å². The fourth-order valence-electron chi connectivity index (χ4n) is 3.63. The minimum Gasteiger partial charge on any atom is -0.316 e. The van der Waals surface area contributed by atoms with E-state index in [0.29, 0.717) is 0 Å². The second-order valence-corrected chi connectivity index (χ2v) is 7.12. The standard InChI is InChI=1S/C21H22ClN3/c1-15-4-2-3-5-17(15)14-25-21(16-6-8-18(22)9-7-16)19-10-12-23-13-11-20(19)24-25/h2-9,23H,10-14H2,1H3/p+1. The highest BCUT2D eigenvalue weighted by molar-refractivity contribution is 6.30. The molecule has 0 aliphatic carbocycles. The largest absolute Gasteiger partial charge is 0.316 e. The van der Waals surface area contributed by atoms with Gasteiger partial charge in [-0.25, -0.2) is 0 Å². The summed E-state index contributed by atoms with van der Waals surface area (Å²) >= 11 is 6.11. The van der Waals surface area contributed by atoms with Gasteiger partial charge in [0.1, 0.15) is 0 Å². The fraction of sp³-hybridized carbons (Fsp3) is 0.286.